The predicted molar refractivity (Wildman–Crippen MR) is 60.3 cm³/mol. The highest BCUT2D eigenvalue weighted by Crippen LogP contribution is 2.14. The topological polar surface area (TPSA) is 35.5 Å². The lowest BCUT2D eigenvalue weighted by atomic mass is 10.1. The van der Waals surface area contributed by atoms with Crippen molar-refractivity contribution in [1.82, 2.24) is 0 Å². The van der Waals surface area contributed by atoms with Crippen LogP contribution in [0.3, 0.4) is 0 Å². The first kappa shape index (κ1) is 12.0. The van der Waals surface area contributed by atoms with Gasteiger partial charge in [-0.2, -0.15) is 0 Å². The fraction of sp³-hybridized carbons (Fsp3) is 0.462. The molecule has 1 heterocycles. The molecule has 0 bridgehead atoms. The number of halogens is 1. The fourth-order valence-electron chi connectivity index (χ4n) is 1.76. The van der Waals surface area contributed by atoms with Crippen molar-refractivity contribution in [2.75, 3.05) is 19.8 Å². The second kappa shape index (κ2) is 5.27. The van der Waals surface area contributed by atoms with Crippen molar-refractivity contribution < 1.29 is 18.7 Å². The van der Waals surface area contributed by atoms with Gasteiger partial charge in [-0.15, -0.1) is 0 Å². The lowest BCUT2D eigenvalue weighted by Crippen LogP contribution is -2.14. The summed E-state index contributed by atoms with van der Waals surface area (Å²) in [6.07, 6.45) is 0.926. The normalized spacial score (nSPS) is 19.3. The monoisotopic (exact) mass is 238 g/mol. The van der Waals surface area contributed by atoms with Crippen molar-refractivity contribution in [3.05, 3.63) is 35.1 Å². The van der Waals surface area contributed by atoms with Gasteiger partial charge in [0.25, 0.3) is 0 Å². The quantitative estimate of drug-likeness (QED) is 0.758. The Kier molecular flexibility index (Phi) is 3.74. The van der Waals surface area contributed by atoms with E-state index in [9.17, 15) is 9.18 Å². The zero-order chi connectivity index (χ0) is 12.3. The number of hydrogen-bond acceptors (Lipinski definition) is 3. The summed E-state index contributed by atoms with van der Waals surface area (Å²) in [4.78, 5) is 11.7. The molecule has 1 saturated heterocycles. The highest BCUT2D eigenvalue weighted by atomic mass is 19.1. The molecule has 4 heteroatoms. The van der Waals surface area contributed by atoms with Crippen LogP contribution in [0.2, 0.25) is 0 Å². The average molecular weight is 238 g/mol. The lowest BCUT2D eigenvalue weighted by Gasteiger charge is -2.09. The zero-order valence-electron chi connectivity index (χ0n) is 9.74. The third-order valence-corrected chi connectivity index (χ3v) is 2.87. The Balaban J connectivity index is 1.92. The number of ether oxygens (including phenoxy) is 2. The first-order chi connectivity index (χ1) is 8.16. The van der Waals surface area contributed by atoms with Crippen molar-refractivity contribution in [2.45, 2.75) is 13.3 Å². The van der Waals surface area contributed by atoms with Gasteiger partial charge in [-0.25, -0.2) is 9.18 Å². The molecule has 17 heavy (non-hydrogen) atoms. The van der Waals surface area contributed by atoms with Gasteiger partial charge in [-0.1, -0.05) is 0 Å². The summed E-state index contributed by atoms with van der Waals surface area (Å²) >= 11 is 0. The smallest absolute Gasteiger partial charge is 0.338 e. The van der Waals surface area contributed by atoms with Crippen LogP contribution in [0, 0.1) is 18.7 Å². The molecule has 1 aliphatic rings. The summed E-state index contributed by atoms with van der Waals surface area (Å²) < 4.78 is 23.4. The molecule has 1 aliphatic heterocycles. The van der Waals surface area contributed by atoms with Crippen LogP contribution < -0.4 is 0 Å². The maximum absolute atomic E-state index is 13.0. The number of aryl methyl sites for hydroxylation is 1. The number of esters is 1. The summed E-state index contributed by atoms with van der Waals surface area (Å²) in [5.41, 5.74) is 0.839. The summed E-state index contributed by atoms with van der Waals surface area (Å²) in [6.45, 7) is 3.37. The Bertz CT molecular complexity index is 411. The predicted octanol–water partition coefficient (Wildman–Crippen LogP) is 2.33. The second-order valence-corrected chi connectivity index (χ2v) is 4.29. The Morgan fingerprint density at radius 1 is 1.59 bits per heavy atom. The molecule has 0 spiro atoms. The van der Waals surface area contributed by atoms with E-state index in [0.717, 1.165) is 13.0 Å². The van der Waals surface area contributed by atoms with E-state index in [4.69, 9.17) is 9.47 Å². The molecular weight excluding hydrogens is 223 g/mol. The standard InChI is InChI=1S/C13H15FO3/c1-9-6-11(2-3-12(9)14)13(15)17-8-10-4-5-16-7-10/h2-3,6,10H,4-5,7-8H2,1H3. The number of carbonyl (C=O) groups excluding carboxylic acids is 1. The van der Waals surface area contributed by atoms with E-state index in [1.165, 1.54) is 18.2 Å². The molecule has 0 saturated carbocycles. The van der Waals surface area contributed by atoms with Gasteiger partial charge in [0, 0.05) is 12.5 Å². The SMILES string of the molecule is Cc1cc(C(=O)OCC2CCOC2)ccc1F. The van der Waals surface area contributed by atoms with Crippen molar-refractivity contribution in [3.63, 3.8) is 0 Å². The van der Waals surface area contributed by atoms with Crippen LogP contribution >= 0.6 is 0 Å². The van der Waals surface area contributed by atoms with Gasteiger partial charge >= 0.3 is 5.97 Å². The van der Waals surface area contributed by atoms with Crippen molar-refractivity contribution in [2.24, 2.45) is 5.92 Å². The van der Waals surface area contributed by atoms with Crippen LogP contribution in [0.4, 0.5) is 4.39 Å². The van der Waals surface area contributed by atoms with Crippen molar-refractivity contribution in [1.29, 1.82) is 0 Å². The summed E-state index contributed by atoms with van der Waals surface area (Å²) in [7, 11) is 0. The van der Waals surface area contributed by atoms with Gasteiger partial charge in [0.05, 0.1) is 18.8 Å². The molecule has 1 aromatic carbocycles. The van der Waals surface area contributed by atoms with E-state index in [1.807, 2.05) is 0 Å². The minimum atomic E-state index is -0.403. The highest BCUT2D eigenvalue weighted by Gasteiger charge is 2.18. The molecule has 92 valence electrons. The molecule has 0 aliphatic carbocycles. The number of hydrogen-bond donors (Lipinski definition) is 0. The molecule has 3 nitrogen and oxygen atoms in total. The van der Waals surface area contributed by atoms with Crippen LogP contribution in [-0.4, -0.2) is 25.8 Å². The van der Waals surface area contributed by atoms with Gasteiger partial charge < -0.3 is 9.47 Å². The molecule has 0 radical (unpaired) electrons. The van der Waals surface area contributed by atoms with Crippen LogP contribution in [0.5, 0.6) is 0 Å². The van der Waals surface area contributed by atoms with E-state index < -0.39 is 5.97 Å². The Labute approximate surface area is 99.5 Å². The first-order valence-electron chi connectivity index (χ1n) is 5.68. The molecule has 0 aromatic heterocycles. The number of rotatable bonds is 3. The Hall–Kier alpha value is -1.42. The molecule has 1 unspecified atom stereocenters. The number of benzene rings is 1. The third-order valence-electron chi connectivity index (χ3n) is 2.87. The Morgan fingerprint density at radius 2 is 2.41 bits per heavy atom. The minimum absolute atomic E-state index is 0.292. The summed E-state index contributed by atoms with van der Waals surface area (Å²) in [6, 6.07) is 4.23. The molecular formula is C13H15FO3. The Morgan fingerprint density at radius 3 is 3.06 bits per heavy atom. The van der Waals surface area contributed by atoms with Gasteiger partial charge in [0.1, 0.15) is 5.82 Å². The maximum Gasteiger partial charge on any atom is 0.338 e. The van der Waals surface area contributed by atoms with Crippen molar-refractivity contribution in [3.8, 4) is 0 Å². The van der Waals surface area contributed by atoms with Crippen LogP contribution in [-0.2, 0) is 9.47 Å². The summed E-state index contributed by atoms with van der Waals surface area (Å²) in [5, 5.41) is 0. The minimum Gasteiger partial charge on any atom is -0.462 e. The van der Waals surface area contributed by atoms with Crippen molar-refractivity contribution >= 4 is 5.97 Å². The van der Waals surface area contributed by atoms with Gasteiger partial charge in [0.15, 0.2) is 0 Å². The van der Waals surface area contributed by atoms with Gasteiger partial charge in [0.2, 0.25) is 0 Å². The molecule has 0 N–H and O–H groups in total. The number of carbonyl (C=O) groups is 1. The van der Waals surface area contributed by atoms with E-state index >= 15 is 0 Å². The second-order valence-electron chi connectivity index (χ2n) is 4.29. The van der Waals surface area contributed by atoms with Gasteiger partial charge in [-0.3, -0.25) is 0 Å². The zero-order valence-corrected chi connectivity index (χ0v) is 9.74. The third kappa shape index (κ3) is 3.03. The molecule has 1 aromatic rings. The molecule has 0 amide bonds. The fourth-order valence-corrected chi connectivity index (χ4v) is 1.76. The molecule has 1 fully saturated rings. The molecule has 1 atom stereocenters. The van der Waals surface area contributed by atoms with Crippen LogP contribution in [0.1, 0.15) is 22.3 Å². The van der Waals surface area contributed by atoms with E-state index in [-0.39, 0.29) is 5.82 Å². The van der Waals surface area contributed by atoms with Gasteiger partial charge in [-0.05, 0) is 37.1 Å². The van der Waals surface area contributed by atoms with Crippen LogP contribution in [0.15, 0.2) is 18.2 Å². The molecule has 2 rings (SSSR count). The van der Waals surface area contributed by atoms with Crippen LogP contribution in [0.25, 0.3) is 0 Å². The maximum atomic E-state index is 13.0. The van der Waals surface area contributed by atoms with E-state index in [0.29, 0.717) is 30.3 Å². The summed E-state index contributed by atoms with van der Waals surface area (Å²) in [5.74, 6) is -0.425. The lowest BCUT2D eigenvalue weighted by molar-refractivity contribution is 0.0428. The van der Waals surface area contributed by atoms with E-state index in [1.54, 1.807) is 6.92 Å². The highest BCUT2D eigenvalue weighted by molar-refractivity contribution is 5.89. The van der Waals surface area contributed by atoms with E-state index in [2.05, 4.69) is 0 Å². The average Bonchev–Trinajstić information content (AvgIpc) is 2.82. The largest absolute Gasteiger partial charge is 0.462 e. The first-order valence-corrected chi connectivity index (χ1v) is 5.68.